The minimum atomic E-state index is -3.37. The Kier molecular flexibility index (Phi) is 4.35. The molecule has 0 atom stereocenters. The third-order valence-corrected chi connectivity index (χ3v) is 1.72. The van der Waals surface area contributed by atoms with Gasteiger partial charge in [0.1, 0.15) is 0 Å². The SMILES string of the molecule is CC(C)OC(C)(C)COS(C)(=O)=O. The van der Waals surface area contributed by atoms with Gasteiger partial charge in [0.05, 0.1) is 24.6 Å². The Morgan fingerprint density at radius 2 is 1.77 bits per heavy atom. The lowest BCUT2D eigenvalue weighted by Gasteiger charge is -2.26. The second-order valence-corrected chi connectivity index (χ2v) is 5.54. The van der Waals surface area contributed by atoms with Crippen LogP contribution < -0.4 is 0 Å². The van der Waals surface area contributed by atoms with Crippen LogP contribution in [0.25, 0.3) is 0 Å². The molecule has 13 heavy (non-hydrogen) atoms. The van der Waals surface area contributed by atoms with Crippen LogP contribution in [0.15, 0.2) is 0 Å². The van der Waals surface area contributed by atoms with Gasteiger partial charge in [-0.2, -0.15) is 8.42 Å². The van der Waals surface area contributed by atoms with Crippen LogP contribution in [0.4, 0.5) is 0 Å². The molecule has 80 valence electrons. The molecule has 0 spiro atoms. The second kappa shape index (κ2) is 4.39. The molecule has 0 amide bonds. The summed E-state index contributed by atoms with van der Waals surface area (Å²) in [6, 6.07) is 0. The summed E-state index contributed by atoms with van der Waals surface area (Å²) in [5, 5.41) is 0. The topological polar surface area (TPSA) is 52.6 Å². The average Bonchev–Trinajstić information content (AvgIpc) is 1.79. The Morgan fingerprint density at radius 1 is 1.31 bits per heavy atom. The molecule has 0 aliphatic carbocycles. The first-order chi connectivity index (χ1) is 5.62. The fourth-order valence-electron chi connectivity index (χ4n) is 0.921. The van der Waals surface area contributed by atoms with Crippen LogP contribution >= 0.6 is 0 Å². The molecule has 5 heteroatoms. The smallest absolute Gasteiger partial charge is 0.264 e. The van der Waals surface area contributed by atoms with Gasteiger partial charge < -0.3 is 4.74 Å². The van der Waals surface area contributed by atoms with Gasteiger partial charge in [-0.1, -0.05) is 0 Å². The molecule has 0 aliphatic heterocycles. The first-order valence-corrected chi connectivity index (χ1v) is 5.96. The molecule has 0 saturated heterocycles. The highest BCUT2D eigenvalue weighted by molar-refractivity contribution is 7.85. The van der Waals surface area contributed by atoms with Crippen molar-refractivity contribution in [2.45, 2.75) is 39.4 Å². The van der Waals surface area contributed by atoms with Gasteiger partial charge in [0, 0.05) is 0 Å². The molecule has 0 heterocycles. The monoisotopic (exact) mass is 210 g/mol. The Balaban J connectivity index is 4.04. The molecule has 4 nitrogen and oxygen atoms in total. The molecule has 0 aromatic carbocycles. The average molecular weight is 210 g/mol. The van der Waals surface area contributed by atoms with Crippen LogP contribution in [0.5, 0.6) is 0 Å². The number of ether oxygens (including phenoxy) is 1. The van der Waals surface area contributed by atoms with Gasteiger partial charge in [0.25, 0.3) is 10.1 Å². The van der Waals surface area contributed by atoms with Crippen molar-refractivity contribution in [1.82, 2.24) is 0 Å². The molecule has 0 bridgehead atoms. The molecule has 0 N–H and O–H groups in total. The molecule has 0 fully saturated rings. The van der Waals surface area contributed by atoms with Crippen molar-refractivity contribution in [2.24, 2.45) is 0 Å². The maximum absolute atomic E-state index is 10.7. The van der Waals surface area contributed by atoms with E-state index < -0.39 is 15.7 Å². The minimum absolute atomic E-state index is 0.0456. The highest BCUT2D eigenvalue weighted by atomic mass is 32.2. The van der Waals surface area contributed by atoms with Gasteiger partial charge in [-0.05, 0) is 27.7 Å². The summed E-state index contributed by atoms with van der Waals surface area (Å²) in [6.07, 6.45) is 1.08. The van der Waals surface area contributed by atoms with Crippen molar-refractivity contribution in [3.8, 4) is 0 Å². The van der Waals surface area contributed by atoms with Gasteiger partial charge in [0.2, 0.25) is 0 Å². The van der Waals surface area contributed by atoms with Crippen molar-refractivity contribution in [1.29, 1.82) is 0 Å². The summed E-state index contributed by atoms with van der Waals surface area (Å²) in [5.41, 5.74) is -0.572. The van der Waals surface area contributed by atoms with Crippen LogP contribution in [-0.2, 0) is 19.0 Å². The Labute approximate surface area is 80.4 Å². The number of hydrogen-bond donors (Lipinski definition) is 0. The third kappa shape index (κ3) is 8.21. The van der Waals surface area contributed by atoms with Crippen molar-refractivity contribution in [2.75, 3.05) is 12.9 Å². The fraction of sp³-hybridized carbons (Fsp3) is 1.00. The van der Waals surface area contributed by atoms with Crippen molar-refractivity contribution in [3.05, 3.63) is 0 Å². The maximum atomic E-state index is 10.7. The van der Waals surface area contributed by atoms with Gasteiger partial charge in [-0.3, -0.25) is 4.18 Å². The molecule has 0 aromatic heterocycles. The van der Waals surface area contributed by atoms with E-state index in [2.05, 4.69) is 4.18 Å². The summed E-state index contributed by atoms with van der Waals surface area (Å²) in [5.74, 6) is 0. The van der Waals surface area contributed by atoms with E-state index in [4.69, 9.17) is 4.74 Å². The van der Waals surface area contributed by atoms with Crippen molar-refractivity contribution < 1.29 is 17.3 Å². The minimum Gasteiger partial charge on any atom is -0.370 e. The zero-order chi connectivity index (χ0) is 10.7. The lowest BCUT2D eigenvalue weighted by Crippen LogP contribution is -2.34. The Bertz CT molecular complexity index is 241. The molecule has 0 radical (unpaired) electrons. The molecular weight excluding hydrogens is 192 g/mol. The van der Waals surface area contributed by atoms with E-state index >= 15 is 0 Å². The first-order valence-electron chi connectivity index (χ1n) is 4.15. The lowest BCUT2D eigenvalue weighted by molar-refractivity contribution is -0.0775. The predicted octanol–water partition coefficient (Wildman–Crippen LogP) is 1.17. The van der Waals surface area contributed by atoms with E-state index in [1.54, 1.807) is 13.8 Å². The standard InChI is InChI=1S/C8H18O4S/c1-7(2)12-8(3,4)6-11-13(5,9)10/h7H,6H2,1-5H3. The van der Waals surface area contributed by atoms with Crippen LogP contribution in [0.2, 0.25) is 0 Å². The highest BCUT2D eigenvalue weighted by Gasteiger charge is 2.22. The third-order valence-electron chi connectivity index (χ3n) is 1.18. The molecule has 0 rings (SSSR count). The Morgan fingerprint density at radius 3 is 2.08 bits per heavy atom. The maximum Gasteiger partial charge on any atom is 0.264 e. The molecule has 0 aliphatic rings. The van der Waals surface area contributed by atoms with Gasteiger partial charge >= 0.3 is 0 Å². The largest absolute Gasteiger partial charge is 0.370 e. The fourth-order valence-corrected chi connectivity index (χ4v) is 1.42. The highest BCUT2D eigenvalue weighted by Crippen LogP contribution is 2.13. The lowest BCUT2D eigenvalue weighted by atomic mass is 10.1. The van der Waals surface area contributed by atoms with E-state index in [0.717, 1.165) is 6.26 Å². The van der Waals surface area contributed by atoms with Crippen molar-refractivity contribution in [3.63, 3.8) is 0 Å². The van der Waals surface area contributed by atoms with E-state index in [1.807, 2.05) is 13.8 Å². The van der Waals surface area contributed by atoms with Crippen LogP contribution in [0.1, 0.15) is 27.7 Å². The van der Waals surface area contributed by atoms with Crippen LogP contribution in [0.3, 0.4) is 0 Å². The van der Waals surface area contributed by atoms with Crippen molar-refractivity contribution >= 4 is 10.1 Å². The number of rotatable bonds is 5. The van der Waals surface area contributed by atoms with Gasteiger partial charge in [0.15, 0.2) is 0 Å². The quantitative estimate of drug-likeness (QED) is 0.639. The van der Waals surface area contributed by atoms with Gasteiger partial charge in [-0.15, -0.1) is 0 Å². The van der Waals surface area contributed by atoms with E-state index in [9.17, 15) is 8.42 Å². The zero-order valence-electron chi connectivity index (χ0n) is 8.83. The molecule has 0 saturated carbocycles. The van der Waals surface area contributed by atoms with E-state index in [-0.39, 0.29) is 12.7 Å². The summed E-state index contributed by atoms with van der Waals surface area (Å²) >= 11 is 0. The number of hydrogen-bond acceptors (Lipinski definition) is 4. The van der Waals surface area contributed by atoms with Gasteiger partial charge in [-0.25, -0.2) is 0 Å². The molecule has 0 aromatic rings. The van der Waals surface area contributed by atoms with Crippen LogP contribution in [0, 0.1) is 0 Å². The molecule has 0 unspecified atom stereocenters. The van der Waals surface area contributed by atoms with Crippen LogP contribution in [-0.4, -0.2) is 33.0 Å². The summed E-state index contributed by atoms with van der Waals surface area (Å²) in [4.78, 5) is 0. The summed E-state index contributed by atoms with van der Waals surface area (Å²) in [7, 11) is -3.37. The Hall–Kier alpha value is -0.130. The second-order valence-electron chi connectivity index (χ2n) is 3.89. The summed E-state index contributed by atoms with van der Waals surface area (Å²) < 4.78 is 31.5. The first kappa shape index (κ1) is 12.9. The molecular formula is C8H18O4S. The predicted molar refractivity (Wildman–Crippen MR) is 51.1 cm³/mol. The normalized spacial score (nSPS) is 13.7. The summed E-state index contributed by atoms with van der Waals surface area (Å²) in [6.45, 7) is 7.41. The van der Waals surface area contributed by atoms with E-state index in [1.165, 1.54) is 0 Å². The zero-order valence-corrected chi connectivity index (χ0v) is 9.64. The van der Waals surface area contributed by atoms with E-state index in [0.29, 0.717) is 0 Å².